The summed E-state index contributed by atoms with van der Waals surface area (Å²) >= 11 is 0. The number of hydrogen-bond acceptors (Lipinski definition) is 4. The normalized spacial score (nSPS) is 11.5. The van der Waals surface area contributed by atoms with E-state index in [9.17, 15) is 22.4 Å². The van der Waals surface area contributed by atoms with E-state index in [4.69, 9.17) is 0 Å². The van der Waals surface area contributed by atoms with Gasteiger partial charge < -0.3 is 5.32 Å². The van der Waals surface area contributed by atoms with E-state index in [2.05, 4.69) is 15.1 Å². The van der Waals surface area contributed by atoms with E-state index in [0.29, 0.717) is 11.3 Å². The molecule has 0 bridgehead atoms. The molecule has 2 heterocycles. The van der Waals surface area contributed by atoms with Crippen molar-refractivity contribution in [1.29, 1.82) is 0 Å². The molecule has 0 fully saturated rings. The van der Waals surface area contributed by atoms with Gasteiger partial charge in [-0.2, -0.15) is 0 Å². The number of anilines is 1. The van der Waals surface area contributed by atoms with Crippen LogP contribution in [-0.2, 0) is 10.0 Å². The molecule has 0 radical (unpaired) electrons. The van der Waals surface area contributed by atoms with Gasteiger partial charge in [0.25, 0.3) is 5.91 Å². The monoisotopic (exact) mass is 392 g/mol. The second kappa shape index (κ2) is 6.88. The topological polar surface area (TPSA) is 113 Å². The zero-order valence-corrected chi connectivity index (χ0v) is 15.4. The highest BCUT2D eigenvalue weighted by Crippen LogP contribution is 2.26. The molecule has 0 spiro atoms. The lowest BCUT2D eigenvalue weighted by atomic mass is 10.1. The van der Waals surface area contributed by atoms with Gasteiger partial charge in [0, 0.05) is 18.7 Å². The van der Waals surface area contributed by atoms with E-state index in [0.717, 1.165) is 0 Å². The number of pyridine rings is 1. The van der Waals surface area contributed by atoms with Crippen LogP contribution in [0.1, 0.15) is 17.3 Å². The first kappa shape index (κ1) is 18.6. The highest BCUT2D eigenvalue weighted by atomic mass is 32.2. The number of aromatic amines is 1. The highest BCUT2D eigenvalue weighted by molar-refractivity contribution is 7.92. The maximum Gasteiger partial charge on any atom is 0.255 e. The molecule has 0 aliphatic carbocycles. The average molecular weight is 392 g/mol. The molecule has 8 nitrogen and oxygen atoms in total. The van der Waals surface area contributed by atoms with E-state index in [-0.39, 0.29) is 22.5 Å². The minimum atomic E-state index is -3.64. The van der Waals surface area contributed by atoms with Crippen LogP contribution in [-0.4, -0.2) is 36.7 Å². The number of H-pyrrole nitrogens is 1. The SMILES string of the molecule is CCS(=O)(=O)Nc1cn2[nH]c(-c3ccc(F)cc3)c(C(=O)NC)c2cc1=O. The zero-order chi connectivity index (χ0) is 19.8. The summed E-state index contributed by atoms with van der Waals surface area (Å²) in [6, 6.07) is 6.65. The Bertz CT molecular complexity index is 1180. The van der Waals surface area contributed by atoms with Gasteiger partial charge in [-0.25, -0.2) is 12.8 Å². The number of hydrogen-bond donors (Lipinski definition) is 3. The fourth-order valence-corrected chi connectivity index (χ4v) is 3.25. The third kappa shape index (κ3) is 3.56. The number of fused-ring (bicyclic) bond motifs is 1. The van der Waals surface area contributed by atoms with Crippen molar-refractivity contribution in [3.05, 3.63) is 58.1 Å². The predicted molar refractivity (Wildman–Crippen MR) is 99.9 cm³/mol. The second-order valence-electron chi connectivity index (χ2n) is 5.76. The number of nitrogens with zero attached hydrogens (tertiary/aromatic N) is 1. The van der Waals surface area contributed by atoms with E-state index >= 15 is 0 Å². The van der Waals surface area contributed by atoms with E-state index in [1.807, 2.05) is 0 Å². The van der Waals surface area contributed by atoms with Gasteiger partial charge in [-0.1, -0.05) is 0 Å². The number of carbonyl (C=O) groups excluding carboxylic acids is 1. The molecule has 0 unspecified atom stereocenters. The van der Waals surface area contributed by atoms with Gasteiger partial charge in [0.05, 0.1) is 28.7 Å². The molecule has 142 valence electrons. The van der Waals surface area contributed by atoms with Gasteiger partial charge in [0.1, 0.15) is 11.5 Å². The molecule has 0 atom stereocenters. The third-order valence-electron chi connectivity index (χ3n) is 4.02. The quantitative estimate of drug-likeness (QED) is 0.611. The Morgan fingerprint density at radius 3 is 2.52 bits per heavy atom. The first-order valence-corrected chi connectivity index (χ1v) is 9.68. The Morgan fingerprint density at radius 1 is 1.26 bits per heavy atom. The summed E-state index contributed by atoms with van der Waals surface area (Å²) in [6.07, 6.45) is 1.27. The maximum atomic E-state index is 13.2. The Balaban J connectivity index is 2.26. The van der Waals surface area contributed by atoms with E-state index in [1.54, 1.807) is 0 Å². The third-order valence-corrected chi connectivity index (χ3v) is 5.31. The summed E-state index contributed by atoms with van der Waals surface area (Å²) in [5, 5.41) is 5.45. The molecule has 1 amide bonds. The van der Waals surface area contributed by atoms with Crippen molar-refractivity contribution in [2.45, 2.75) is 6.92 Å². The number of rotatable bonds is 5. The summed E-state index contributed by atoms with van der Waals surface area (Å²) in [5.41, 5.74) is 0.613. The van der Waals surface area contributed by atoms with Crippen LogP contribution >= 0.6 is 0 Å². The second-order valence-corrected chi connectivity index (χ2v) is 7.77. The van der Waals surface area contributed by atoms with Crippen LogP contribution in [0.5, 0.6) is 0 Å². The minimum Gasteiger partial charge on any atom is -0.355 e. The van der Waals surface area contributed by atoms with Crippen LogP contribution < -0.4 is 15.5 Å². The molecule has 27 heavy (non-hydrogen) atoms. The van der Waals surface area contributed by atoms with E-state index < -0.39 is 27.2 Å². The van der Waals surface area contributed by atoms with Gasteiger partial charge in [0.2, 0.25) is 15.5 Å². The summed E-state index contributed by atoms with van der Waals surface area (Å²) in [7, 11) is -2.20. The average Bonchev–Trinajstić information content (AvgIpc) is 3.00. The van der Waals surface area contributed by atoms with Gasteiger partial charge in [-0.05, 0) is 31.2 Å². The van der Waals surface area contributed by atoms with Crippen molar-refractivity contribution < 1.29 is 17.6 Å². The molecule has 0 saturated heterocycles. The standard InChI is InChI=1S/C17H17FN4O4S/c1-3-27(25,26)21-12-9-22-13(8-14(12)23)15(17(24)19-2)16(20-22)10-4-6-11(18)7-5-10/h4-9,20-21H,3H2,1-2H3,(H,19,24). The lowest BCUT2D eigenvalue weighted by molar-refractivity contribution is 0.0965. The molecule has 1 aromatic carbocycles. The summed E-state index contributed by atoms with van der Waals surface area (Å²) in [6.45, 7) is 1.45. The van der Waals surface area contributed by atoms with Crippen LogP contribution in [0, 0.1) is 5.82 Å². The molecule has 0 aliphatic heterocycles. The molecular formula is C17H17FN4O4S. The lowest BCUT2D eigenvalue weighted by Crippen LogP contribution is -2.21. The number of amides is 1. The lowest BCUT2D eigenvalue weighted by Gasteiger charge is -2.05. The van der Waals surface area contributed by atoms with Gasteiger partial charge in [0.15, 0.2) is 0 Å². The van der Waals surface area contributed by atoms with Crippen molar-refractivity contribution >= 4 is 27.1 Å². The Hall–Kier alpha value is -3.14. The molecule has 0 aliphatic rings. The van der Waals surface area contributed by atoms with Gasteiger partial charge >= 0.3 is 0 Å². The smallest absolute Gasteiger partial charge is 0.255 e. The molecule has 10 heteroatoms. The number of nitrogens with one attached hydrogen (secondary N) is 3. The number of halogens is 1. The maximum absolute atomic E-state index is 13.2. The number of carbonyl (C=O) groups is 1. The highest BCUT2D eigenvalue weighted by Gasteiger charge is 2.21. The Kier molecular flexibility index (Phi) is 4.75. The van der Waals surface area contributed by atoms with Crippen molar-refractivity contribution in [2.75, 3.05) is 17.5 Å². The van der Waals surface area contributed by atoms with Gasteiger partial charge in [-0.15, -0.1) is 0 Å². The number of sulfonamides is 1. The van der Waals surface area contributed by atoms with Crippen LogP contribution in [0.2, 0.25) is 0 Å². The first-order chi connectivity index (χ1) is 12.8. The summed E-state index contributed by atoms with van der Waals surface area (Å²) in [5.74, 6) is -1.07. The van der Waals surface area contributed by atoms with Crippen molar-refractivity contribution in [3.8, 4) is 11.3 Å². The van der Waals surface area contributed by atoms with Crippen molar-refractivity contribution in [2.24, 2.45) is 0 Å². The fourth-order valence-electron chi connectivity index (χ4n) is 2.62. The minimum absolute atomic E-state index is 0.148. The number of benzene rings is 1. The first-order valence-electron chi connectivity index (χ1n) is 8.02. The molecule has 0 saturated carbocycles. The van der Waals surface area contributed by atoms with Crippen LogP contribution in [0.4, 0.5) is 10.1 Å². The number of aromatic nitrogens is 2. The largest absolute Gasteiger partial charge is 0.355 e. The zero-order valence-electron chi connectivity index (χ0n) is 14.5. The van der Waals surface area contributed by atoms with Crippen LogP contribution in [0.25, 0.3) is 16.8 Å². The molecule has 3 aromatic rings. The molecule has 3 N–H and O–H groups in total. The van der Waals surface area contributed by atoms with Crippen molar-refractivity contribution in [1.82, 2.24) is 14.9 Å². The summed E-state index contributed by atoms with van der Waals surface area (Å²) in [4.78, 5) is 24.7. The van der Waals surface area contributed by atoms with Crippen LogP contribution in [0.15, 0.2) is 41.3 Å². The van der Waals surface area contributed by atoms with Crippen LogP contribution in [0.3, 0.4) is 0 Å². The Morgan fingerprint density at radius 2 is 1.93 bits per heavy atom. The molecule has 3 rings (SSSR count). The van der Waals surface area contributed by atoms with Gasteiger partial charge in [-0.3, -0.25) is 23.9 Å². The molecular weight excluding hydrogens is 375 g/mol. The predicted octanol–water partition coefficient (Wildman–Crippen LogP) is 1.55. The molecule has 2 aromatic heterocycles. The fraction of sp³-hybridized carbons (Fsp3) is 0.176. The van der Waals surface area contributed by atoms with Crippen molar-refractivity contribution in [3.63, 3.8) is 0 Å². The Labute approximate surface area is 154 Å². The van der Waals surface area contributed by atoms with E-state index in [1.165, 1.54) is 55.0 Å². The summed E-state index contributed by atoms with van der Waals surface area (Å²) < 4.78 is 40.4.